The van der Waals surface area contributed by atoms with Crippen molar-refractivity contribution in [2.24, 2.45) is 5.92 Å². The summed E-state index contributed by atoms with van der Waals surface area (Å²) in [5.74, 6) is 1.20. The van der Waals surface area contributed by atoms with Crippen LogP contribution in [0.2, 0.25) is 0 Å². The minimum absolute atomic E-state index is 0.0476. The minimum atomic E-state index is -0.0476. The molecule has 1 fully saturated rings. The number of anilines is 1. The maximum Gasteiger partial charge on any atom is 0.251 e. The molecular weight excluding hydrogens is 264 g/mol. The molecule has 1 saturated carbocycles. The van der Waals surface area contributed by atoms with Crippen molar-refractivity contribution in [3.05, 3.63) is 23.8 Å². The fourth-order valence-corrected chi connectivity index (χ4v) is 3.14. The summed E-state index contributed by atoms with van der Waals surface area (Å²) in [5.41, 5.74) is 6.99. The molecule has 0 heterocycles. The number of nitrogens with two attached hydrogens (primary N) is 1. The molecule has 4 heteroatoms. The molecule has 2 unspecified atom stereocenters. The molecule has 0 bridgehead atoms. The Balaban J connectivity index is 2.08. The summed E-state index contributed by atoms with van der Waals surface area (Å²) in [6.45, 7) is 4.67. The van der Waals surface area contributed by atoms with E-state index in [0.717, 1.165) is 12.8 Å². The first-order valence-electron chi connectivity index (χ1n) is 7.98. The van der Waals surface area contributed by atoms with Crippen molar-refractivity contribution in [2.75, 3.05) is 12.3 Å². The van der Waals surface area contributed by atoms with Crippen LogP contribution < -0.4 is 15.8 Å². The van der Waals surface area contributed by atoms with Gasteiger partial charge < -0.3 is 15.8 Å². The molecule has 0 saturated heterocycles. The SMILES string of the molecule is CCOc1cc(N)cc(C(=O)NC2CCCCC2CC)c1. The molecule has 0 aliphatic heterocycles. The zero-order valence-corrected chi connectivity index (χ0v) is 13.0. The van der Waals surface area contributed by atoms with Gasteiger partial charge in [-0.1, -0.05) is 26.2 Å². The Morgan fingerprint density at radius 2 is 2.05 bits per heavy atom. The Morgan fingerprint density at radius 1 is 1.29 bits per heavy atom. The van der Waals surface area contributed by atoms with Crippen molar-refractivity contribution in [1.82, 2.24) is 5.32 Å². The summed E-state index contributed by atoms with van der Waals surface area (Å²) < 4.78 is 5.45. The van der Waals surface area contributed by atoms with Crippen molar-refractivity contribution >= 4 is 11.6 Å². The predicted molar refractivity (Wildman–Crippen MR) is 85.5 cm³/mol. The maximum absolute atomic E-state index is 12.5. The van der Waals surface area contributed by atoms with Crippen LogP contribution in [-0.4, -0.2) is 18.6 Å². The molecule has 1 amide bonds. The van der Waals surface area contributed by atoms with Gasteiger partial charge in [-0.15, -0.1) is 0 Å². The number of nitrogen functional groups attached to an aromatic ring is 1. The third-order valence-electron chi connectivity index (χ3n) is 4.25. The van der Waals surface area contributed by atoms with Gasteiger partial charge in [-0.05, 0) is 37.8 Å². The van der Waals surface area contributed by atoms with Gasteiger partial charge in [0.15, 0.2) is 0 Å². The first kappa shape index (κ1) is 15.7. The summed E-state index contributed by atoms with van der Waals surface area (Å²) in [5, 5.41) is 3.18. The summed E-state index contributed by atoms with van der Waals surface area (Å²) in [6.07, 6.45) is 5.87. The van der Waals surface area contributed by atoms with Crippen molar-refractivity contribution in [3.63, 3.8) is 0 Å². The second-order valence-corrected chi connectivity index (χ2v) is 5.76. The van der Waals surface area contributed by atoms with Crippen LogP contribution >= 0.6 is 0 Å². The molecular formula is C17H26N2O2. The first-order valence-corrected chi connectivity index (χ1v) is 7.98. The number of benzene rings is 1. The van der Waals surface area contributed by atoms with Crippen molar-refractivity contribution in [1.29, 1.82) is 0 Å². The highest BCUT2D eigenvalue weighted by molar-refractivity contribution is 5.95. The fourth-order valence-electron chi connectivity index (χ4n) is 3.14. The van der Waals surface area contributed by atoms with Crippen LogP contribution in [0.3, 0.4) is 0 Å². The quantitative estimate of drug-likeness (QED) is 0.817. The zero-order chi connectivity index (χ0) is 15.2. The molecule has 0 aromatic heterocycles. The number of ether oxygens (including phenoxy) is 1. The van der Waals surface area contributed by atoms with Gasteiger partial charge in [0.1, 0.15) is 5.75 Å². The number of hydrogen-bond acceptors (Lipinski definition) is 3. The molecule has 21 heavy (non-hydrogen) atoms. The van der Waals surface area contributed by atoms with E-state index in [1.54, 1.807) is 18.2 Å². The standard InChI is InChI=1S/C17H26N2O2/c1-3-12-7-5-6-8-16(12)19-17(20)13-9-14(18)11-15(10-13)21-4-2/h9-12,16H,3-8,18H2,1-2H3,(H,19,20). The summed E-state index contributed by atoms with van der Waals surface area (Å²) in [6, 6.07) is 5.50. The molecule has 3 N–H and O–H groups in total. The second-order valence-electron chi connectivity index (χ2n) is 5.76. The fraction of sp³-hybridized carbons (Fsp3) is 0.588. The number of amides is 1. The van der Waals surface area contributed by atoms with Crippen molar-refractivity contribution < 1.29 is 9.53 Å². The van der Waals surface area contributed by atoms with Crippen LogP contribution in [0, 0.1) is 5.92 Å². The number of rotatable bonds is 5. The van der Waals surface area contributed by atoms with Crippen LogP contribution in [-0.2, 0) is 0 Å². The van der Waals surface area contributed by atoms with E-state index in [2.05, 4.69) is 12.2 Å². The molecule has 1 aliphatic carbocycles. The van der Waals surface area contributed by atoms with Gasteiger partial charge in [0, 0.05) is 23.4 Å². The maximum atomic E-state index is 12.5. The minimum Gasteiger partial charge on any atom is -0.494 e. The predicted octanol–water partition coefficient (Wildman–Crippen LogP) is 3.37. The Labute approximate surface area is 127 Å². The smallest absolute Gasteiger partial charge is 0.251 e. The van der Waals surface area contributed by atoms with E-state index in [9.17, 15) is 4.79 Å². The number of nitrogens with one attached hydrogen (secondary N) is 1. The average Bonchev–Trinajstić information content (AvgIpc) is 2.47. The van der Waals surface area contributed by atoms with Gasteiger partial charge in [-0.25, -0.2) is 0 Å². The summed E-state index contributed by atoms with van der Waals surface area (Å²) in [7, 11) is 0. The second kappa shape index (κ2) is 7.34. The summed E-state index contributed by atoms with van der Waals surface area (Å²) >= 11 is 0. The monoisotopic (exact) mass is 290 g/mol. The lowest BCUT2D eigenvalue weighted by Gasteiger charge is -2.31. The normalized spacial score (nSPS) is 21.8. The summed E-state index contributed by atoms with van der Waals surface area (Å²) in [4.78, 5) is 12.5. The first-order chi connectivity index (χ1) is 10.1. The van der Waals surface area contributed by atoms with E-state index in [4.69, 9.17) is 10.5 Å². The lowest BCUT2D eigenvalue weighted by atomic mass is 9.83. The Bertz CT molecular complexity index is 488. The Kier molecular flexibility index (Phi) is 5.48. The highest BCUT2D eigenvalue weighted by Gasteiger charge is 2.25. The molecule has 0 spiro atoms. The van der Waals surface area contributed by atoms with Gasteiger partial charge in [-0.2, -0.15) is 0 Å². The van der Waals surface area contributed by atoms with Gasteiger partial charge in [-0.3, -0.25) is 4.79 Å². The molecule has 4 nitrogen and oxygen atoms in total. The van der Waals surface area contributed by atoms with Crippen molar-refractivity contribution in [3.8, 4) is 5.75 Å². The number of hydrogen-bond donors (Lipinski definition) is 2. The van der Waals surface area contributed by atoms with Gasteiger partial charge in [0.2, 0.25) is 0 Å². The van der Waals surface area contributed by atoms with E-state index in [0.29, 0.717) is 29.5 Å². The van der Waals surface area contributed by atoms with Crippen molar-refractivity contribution in [2.45, 2.75) is 52.0 Å². The Morgan fingerprint density at radius 3 is 2.76 bits per heavy atom. The third kappa shape index (κ3) is 4.13. The number of carbonyl (C=O) groups is 1. The molecule has 1 aliphatic rings. The molecule has 116 valence electrons. The topological polar surface area (TPSA) is 64.3 Å². The molecule has 1 aromatic carbocycles. The van der Waals surface area contributed by atoms with Gasteiger partial charge in [0.25, 0.3) is 5.91 Å². The lowest BCUT2D eigenvalue weighted by Crippen LogP contribution is -2.41. The van der Waals surface area contributed by atoms with Crippen LogP contribution in [0.15, 0.2) is 18.2 Å². The highest BCUT2D eigenvalue weighted by Crippen LogP contribution is 2.27. The lowest BCUT2D eigenvalue weighted by molar-refractivity contribution is 0.0904. The van der Waals surface area contributed by atoms with Crippen LogP contribution in [0.5, 0.6) is 5.75 Å². The van der Waals surface area contributed by atoms with Crippen LogP contribution in [0.4, 0.5) is 5.69 Å². The van der Waals surface area contributed by atoms with Gasteiger partial charge in [0.05, 0.1) is 6.61 Å². The van der Waals surface area contributed by atoms with Crippen LogP contribution in [0.1, 0.15) is 56.3 Å². The van der Waals surface area contributed by atoms with E-state index < -0.39 is 0 Å². The highest BCUT2D eigenvalue weighted by atomic mass is 16.5. The zero-order valence-electron chi connectivity index (χ0n) is 13.0. The van der Waals surface area contributed by atoms with E-state index in [1.165, 1.54) is 19.3 Å². The molecule has 2 atom stereocenters. The van der Waals surface area contributed by atoms with Crippen LogP contribution in [0.25, 0.3) is 0 Å². The molecule has 0 radical (unpaired) electrons. The average molecular weight is 290 g/mol. The molecule has 1 aromatic rings. The third-order valence-corrected chi connectivity index (χ3v) is 4.25. The van der Waals surface area contributed by atoms with E-state index in [-0.39, 0.29) is 11.9 Å². The molecule has 2 rings (SSSR count). The van der Waals surface area contributed by atoms with E-state index >= 15 is 0 Å². The van der Waals surface area contributed by atoms with Gasteiger partial charge >= 0.3 is 0 Å². The largest absolute Gasteiger partial charge is 0.494 e. The van der Waals surface area contributed by atoms with E-state index in [1.807, 2.05) is 6.92 Å². The number of carbonyl (C=O) groups excluding carboxylic acids is 1. The Hall–Kier alpha value is -1.71.